The molecule has 1 atom stereocenters. The van der Waals surface area contributed by atoms with Crippen molar-refractivity contribution >= 4 is 0 Å². The van der Waals surface area contributed by atoms with Crippen molar-refractivity contribution in [2.24, 2.45) is 5.73 Å². The van der Waals surface area contributed by atoms with E-state index >= 15 is 0 Å². The van der Waals surface area contributed by atoms with Crippen molar-refractivity contribution in [1.29, 1.82) is 0 Å². The van der Waals surface area contributed by atoms with Gasteiger partial charge in [-0.25, -0.2) is 0 Å². The highest BCUT2D eigenvalue weighted by molar-refractivity contribution is 4.91. The molecule has 0 saturated heterocycles. The van der Waals surface area contributed by atoms with E-state index in [0.717, 1.165) is 51.0 Å². The fourth-order valence-electron chi connectivity index (χ4n) is 1.89. The molecule has 0 aliphatic heterocycles. The molecule has 1 aromatic heterocycles. The van der Waals surface area contributed by atoms with Crippen molar-refractivity contribution in [3.63, 3.8) is 0 Å². The summed E-state index contributed by atoms with van der Waals surface area (Å²) in [6, 6.07) is 0. The first-order valence-electron chi connectivity index (χ1n) is 6.87. The fraction of sp³-hybridized carbons (Fsp3) is 0.846. The maximum absolute atomic E-state index is 5.45. The first-order valence-corrected chi connectivity index (χ1v) is 6.87. The Labute approximate surface area is 109 Å². The van der Waals surface area contributed by atoms with Crippen LogP contribution in [-0.4, -0.2) is 23.8 Å². The van der Waals surface area contributed by atoms with Gasteiger partial charge >= 0.3 is 0 Å². The minimum absolute atomic E-state index is 0.0373. The van der Waals surface area contributed by atoms with E-state index in [1.165, 1.54) is 6.42 Å². The van der Waals surface area contributed by atoms with Crippen LogP contribution in [0.4, 0.5) is 0 Å². The van der Waals surface area contributed by atoms with E-state index in [2.05, 4.69) is 17.1 Å². The van der Waals surface area contributed by atoms with Gasteiger partial charge in [-0.2, -0.15) is 4.98 Å². The number of methoxy groups -OCH3 is 1. The number of rotatable bonds is 10. The van der Waals surface area contributed by atoms with Crippen molar-refractivity contribution in [3.8, 4) is 0 Å². The molecule has 0 fully saturated rings. The summed E-state index contributed by atoms with van der Waals surface area (Å²) in [6.45, 7) is 2.89. The Hall–Kier alpha value is -0.940. The number of aromatic nitrogens is 2. The third-order valence-electron chi connectivity index (χ3n) is 2.95. The van der Waals surface area contributed by atoms with E-state index in [1.807, 2.05) is 0 Å². The van der Waals surface area contributed by atoms with Gasteiger partial charge in [-0.05, 0) is 25.8 Å². The molecule has 0 bridgehead atoms. The Morgan fingerprint density at radius 3 is 2.72 bits per heavy atom. The molecule has 0 aliphatic carbocycles. The van der Waals surface area contributed by atoms with Crippen molar-refractivity contribution in [2.45, 2.75) is 58.0 Å². The fourth-order valence-corrected chi connectivity index (χ4v) is 1.89. The summed E-state index contributed by atoms with van der Waals surface area (Å²) in [7, 11) is 1.68. The molecule has 0 aliphatic rings. The van der Waals surface area contributed by atoms with E-state index in [-0.39, 0.29) is 6.10 Å². The molecule has 104 valence electrons. The van der Waals surface area contributed by atoms with Gasteiger partial charge in [-0.15, -0.1) is 0 Å². The van der Waals surface area contributed by atoms with Crippen LogP contribution in [0.3, 0.4) is 0 Å². The molecule has 0 saturated carbocycles. The quantitative estimate of drug-likeness (QED) is 0.650. The number of hydrogen-bond acceptors (Lipinski definition) is 5. The molecule has 2 N–H and O–H groups in total. The summed E-state index contributed by atoms with van der Waals surface area (Å²) >= 11 is 0. The Morgan fingerprint density at radius 1 is 1.28 bits per heavy atom. The minimum atomic E-state index is -0.0373. The minimum Gasteiger partial charge on any atom is -0.373 e. The first-order chi connectivity index (χ1) is 8.81. The van der Waals surface area contributed by atoms with E-state index in [1.54, 1.807) is 7.11 Å². The SMILES string of the molecule is CCCC(OC)c1noc(CCCCCCN)n1. The molecular formula is C13H25N3O2. The van der Waals surface area contributed by atoms with Crippen molar-refractivity contribution in [3.05, 3.63) is 11.7 Å². The van der Waals surface area contributed by atoms with Crippen LogP contribution in [0, 0.1) is 0 Å². The predicted molar refractivity (Wildman–Crippen MR) is 70.2 cm³/mol. The molecule has 0 spiro atoms. The van der Waals surface area contributed by atoms with Crippen LogP contribution in [0.5, 0.6) is 0 Å². The average Bonchev–Trinajstić information content (AvgIpc) is 2.84. The maximum Gasteiger partial charge on any atom is 0.226 e. The Morgan fingerprint density at radius 2 is 2.06 bits per heavy atom. The molecule has 1 heterocycles. The molecule has 1 rings (SSSR count). The molecule has 0 aromatic carbocycles. The standard InChI is InChI=1S/C13H25N3O2/c1-3-8-11(17-2)13-15-12(18-16-13)9-6-4-5-7-10-14/h11H,3-10,14H2,1-2H3. The largest absolute Gasteiger partial charge is 0.373 e. The Bertz CT molecular complexity index is 315. The zero-order chi connectivity index (χ0) is 13.2. The highest BCUT2D eigenvalue weighted by Crippen LogP contribution is 2.19. The maximum atomic E-state index is 5.45. The van der Waals surface area contributed by atoms with Crippen LogP contribution >= 0.6 is 0 Å². The second kappa shape index (κ2) is 9.05. The van der Waals surface area contributed by atoms with E-state index in [0.29, 0.717) is 5.82 Å². The second-order valence-electron chi connectivity index (χ2n) is 4.51. The Balaban J connectivity index is 2.33. The highest BCUT2D eigenvalue weighted by atomic mass is 16.5. The molecule has 1 aromatic rings. The smallest absolute Gasteiger partial charge is 0.226 e. The van der Waals surface area contributed by atoms with Crippen molar-refractivity contribution < 1.29 is 9.26 Å². The normalized spacial score (nSPS) is 12.8. The Kier molecular flexibility index (Phi) is 7.60. The lowest BCUT2D eigenvalue weighted by molar-refractivity contribution is 0.0854. The van der Waals surface area contributed by atoms with Crippen molar-refractivity contribution in [2.75, 3.05) is 13.7 Å². The number of ether oxygens (including phenoxy) is 1. The number of unbranched alkanes of at least 4 members (excludes halogenated alkanes) is 3. The summed E-state index contributed by atoms with van der Waals surface area (Å²) in [4.78, 5) is 4.39. The summed E-state index contributed by atoms with van der Waals surface area (Å²) in [5, 5.41) is 3.99. The van der Waals surface area contributed by atoms with Gasteiger partial charge in [0.25, 0.3) is 0 Å². The third kappa shape index (κ3) is 5.14. The monoisotopic (exact) mass is 255 g/mol. The number of nitrogens with two attached hydrogens (primary N) is 1. The van der Waals surface area contributed by atoms with Gasteiger partial charge in [0, 0.05) is 13.5 Å². The zero-order valence-corrected chi connectivity index (χ0v) is 11.5. The average molecular weight is 255 g/mol. The molecular weight excluding hydrogens is 230 g/mol. The topological polar surface area (TPSA) is 74.2 Å². The van der Waals surface area contributed by atoms with Crippen LogP contribution < -0.4 is 5.73 Å². The van der Waals surface area contributed by atoms with Crippen molar-refractivity contribution in [1.82, 2.24) is 10.1 Å². The van der Waals surface area contributed by atoms with Gasteiger partial charge in [0.05, 0.1) is 0 Å². The van der Waals surface area contributed by atoms with Crippen LogP contribution in [-0.2, 0) is 11.2 Å². The van der Waals surface area contributed by atoms with Gasteiger partial charge in [0.15, 0.2) is 0 Å². The molecule has 0 radical (unpaired) electrons. The van der Waals surface area contributed by atoms with E-state index < -0.39 is 0 Å². The number of hydrogen-bond donors (Lipinski definition) is 1. The van der Waals surface area contributed by atoms with Crippen LogP contribution in [0.25, 0.3) is 0 Å². The lowest BCUT2D eigenvalue weighted by atomic mass is 10.1. The van der Waals surface area contributed by atoms with Gasteiger partial charge in [-0.1, -0.05) is 31.3 Å². The predicted octanol–water partition coefficient (Wildman–Crippen LogP) is 2.62. The third-order valence-corrected chi connectivity index (χ3v) is 2.95. The van der Waals surface area contributed by atoms with Gasteiger partial charge in [0.2, 0.25) is 11.7 Å². The van der Waals surface area contributed by atoms with Crippen LogP contribution in [0.2, 0.25) is 0 Å². The summed E-state index contributed by atoms with van der Waals surface area (Å²) < 4.78 is 10.6. The van der Waals surface area contributed by atoms with E-state index in [9.17, 15) is 0 Å². The van der Waals surface area contributed by atoms with Crippen LogP contribution in [0.1, 0.15) is 63.3 Å². The lowest BCUT2D eigenvalue weighted by Gasteiger charge is -2.08. The van der Waals surface area contributed by atoms with Gasteiger partial charge in [-0.3, -0.25) is 0 Å². The highest BCUT2D eigenvalue weighted by Gasteiger charge is 2.16. The lowest BCUT2D eigenvalue weighted by Crippen LogP contribution is -2.03. The molecule has 1 unspecified atom stereocenters. The molecule has 5 heteroatoms. The van der Waals surface area contributed by atoms with Crippen LogP contribution in [0.15, 0.2) is 4.52 Å². The molecule has 0 amide bonds. The van der Waals surface area contributed by atoms with E-state index in [4.69, 9.17) is 15.0 Å². The second-order valence-corrected chi connectivity index (χ2v) is 4.51. The summed E-state index contributed by atoms with van der Waals surface area (Å²) in [6.07, 6.45) is 7.29. The number of aryl methyl sites for hydroxylation is 1. The molecule has 5 nitrogen and oxygen atoms in total. The summed E-state index contributed by atoms with van der Waals surface area (Å²) in [5.74, 6) is 1.40. The molecule has 18 heavy (non-hydrogen) atoms. The summed E-state index contributed by atoms with van der Waals surface area (Å²) in [5.41, 5.74) is 5.45. The first kappa shape index (κ1) is 15.1. The van der Waals surface area contributed by atoms with Gasteiger partial charge in [0.1, 0.15) is 6.10 Å². The number of nitrogens with zero attached hydrogens (tertiary/aromatic N) is 2. The van der Waals surface area contributed by atoms with Gasteiger partial charge < -0.3 is 15.0 Å². The zero-order valence-electron chi connectivity index (χ0n) is 11.5.